The summed E-state index contributed by atoms with van der Waals surface area (Å²) in [5.41, 5.74) is 1.04. The molecule has 2 N–H and O–H groups in total. The fourth-order valence-corrected chi connectivity index (χ4v) is 1.72. The number of nitrogens with zero attached hydrogens (tertiary/aromatic N) is 3. The van der Waals surface area contributed by atoms with Gasteiger partial charge in [0.05, 0.1) is 24.7 Å². The van der Waals surface area contributed by atoms with Crippen molar-refractivity contribution in [2.45, 2.75) is 19.9 Å². The second kappa shape index (κ2) is 5.36. The molecule has 2 heterocycles. The van der Waals surface area contributed by atoms with Crippen molar-refractivity contribution in [1.82, 2.24) is 20.4 Å². The number of rotatable bonds is 3. The standard InChI is InChI=1S/C12H11N5O3/c1-7-8(6-17(16-7)4-2-3-13)5-9-10(18)14-12(20)15-11(9)19/h5-6H,2,4H2,1H3,(H2,14,15,18,19,20). The minimum atomic E-state index is -0.835. The molecular weight excluding hydrogens is 262 g/mol. The lowest BCUT2D eigenvalue weighted by Gasteiger charge is -2.13. The van der Waals surface area contributed by atoms with E-state index in [4.69, 9.17) is 5.26 Å². The van der Waals surface area contributed by atoms with E-state index in [2.05, 4.69) is 5.10 Å². The maximum Gasteiger partial charge on any atom is 0.328 e. The number of amides is 4. The number of imide groups is 2. The van der Waals surface area contributed by atoms with Crippen LogP contribution in [0.25, 0.3) is 6.08 Å². The Balaban J connectivity index is 2.28. The smallest absolute Gasteiger partial charge is 0.273 e. The monoisotopic (exact) mass is 273 g/mol. The second-order valence-electron chi connectivity index (χ2n) is 4.14. The molecule has 20 heavy (non-hydrogen) atoms. The van der Waals surface area contributed by atoms with Crippen LogP contribution in [-0.4, -0.2) is 27.6 Å². The largest absolute Gasteiger partial charge is 0.328 e. The Morgan fingerprint density at radius 2 is 2.00 bits per heavy atom. The van der Waals surface area contributed by atoms with Gasteiger partial charge in [0.15, 0.2) is 0 Å². The van der Waals surface area contributed by atoms with E-state index in [9.17, 15) is 14.4 Å². The number of nitriles is 1. The summed E-state index contributed by atoms with van der Waals surface area (Å²) in [6.07, 6.45) is 3.31. The van der Waals surface area contributed by atoms with Crippen LogP contribution in [0.1, 0.15) is 17.7 Å². The molecule has 0 radical (unpaired) electrons. The van der Waals surface area contributed by atoms with Crippen LogP contribution >= 0.6 is 0 Å². The van der Waals surface area contributed by atoms with Gasteiger partial charge >= 0.3 is 6.03 Å². The molecule has 1 aromatic heterocycles. The first-order chi connectivity index (χ1) is 9.51. The molecule has 0 unspecified atom stereocenters. The SMILES string of the molecule is Cc1nn(CCC#N)cc1C=C1C(=O)NC(=O)NC1=O. The van der Waals surface area contributed by atoms with Gasteiger partial charge < -0.3 is 0 Å². The van der Waals surface area contributed by atoms with Crippen LogP contribution in [0.5, 0.6) is 0 Å². The van der Waals surface area contributed by atoms with Crippen molar-refractivity contribution in [3.05, 3.63) is 23.0 Å². The van der Waals surface area contributed by atoms with Gasteiger partial charge in [-0.25, -0.2) is 4.79 Å². The van der Waals surface area contributed by atoms with Gasteiger partial charge in [-0.1, -0.05) is 0 Å². The van der Waals surface area contributed by atoms with Gasteiger partial charge in [-0.15, -0.1) is 0 Å². The number of carbonyl (C=O) groups is 3. The predicted octanol–water partition coefficient (Wildman–Crippen LogP) is -0.145. The molecule has 1 saturated heterocycles. The van der Waals surface area contributed by atoms with E-state index >= 15 is 0 Å². The lowest BCUT2D eigenvalue weighted by molar-refractivity contribution is -0.123. The van der Waals surface area contributed by atoms with Crippen LogP contribution < -0.4 is 10.6 Å². The molecule has 8 heteroatoms. The normalized spacial score (nSPS) is 14.6. The van der Waals surface area contributed by atoms with Crippen molar-refractivity contribution < 1.29 is 14.4 Å². The summed E-state index contributed by atoms with van der Waals surface area (Å²) >= 11 is 0. The summed E-state index contributed by atoms with van der Waals surface area (Å²) in [5, 5.41) is 16.7. The molecule has 2 rings (SSSR count). The van der Waals surface area contributed by atoms with Gasteiger partial charge in [-0.2, -0.15) is 10.4 Å². The Bertz CT molecular complexity index is 643. The van der Waals surface area contributed by atoms with Crippen LogP contribution in [0.3, 0.4) is 0 Å². The van der Waals surface area contributed by atoms with Crippen LogP contribution in [0.2, 0.25) is 0 Å². The van der Waals surface area contributed by atoms with Crippen LogP contribution in [0, 0.1) is 18.3 Å². The topological polar surface area (TPSA) is 117 Å². The summed E-state index contributed by atoms with van der Waals surface area (Å²) in [6.45, 7) is 2.15. The number of hydrogen-bond donors (Lipinski definition) is 2. The van der Waals surface area contributed by atoms with Gasteiger partial charge in [0.2, 0.25) is 0 Å². The number of aromatic nitrogens is 2. The van der Waals surface area contributed by atoms with E-state index < -0.39 is 17.8 Å². The number of barbiturate groups is 1. The average molecular weight is 273 g/mol. The highest BCUT2D eigenvalue weighted by Gasteiger charge is 2.27. The van der Waals surface area contributed by atoms with Crippen molar-refractivity contribution >= 4 is 23.9 Å². The Labute approximate surface area is 114 Å². The number of carbonyl (C=O) groups excluding carboxylic acids is 3. The number of hydrogen-bond acceptors (Lipinski definition) is 5. The van der Waals surface area contributed by atoms with Gasteiger partial charge in [-0.05, 0) is 13.0 Å². The molecule has 8 nitrogen and oxygen atoms in total. The molecule has 0 aliphatic carbocycles. The number of urea groups is 1. The zero-order chi connectivity index (χ0) is 14.7. The van der Waals surface area contributed by atoms with Gasteiger partial charge in [0, 0.05) is 11.8 Å². The lowest BCUT2D eigenvalue weighted by atomic mass is 10.1. The predicted molar refractivity (Wildman–Crippen MR) is 66.9 cm³/mol. The van der Waals surface area contributed by atoms with Crippen LogP contribution in [0.15, 0.2) is 11.8 Å². The van der Waals surface area contributed by atoms with Crippen molar-refractivity contribution in [1.29, 1.82) is 5.26 Å². The molecule has 102 valence electrons. The fraction of sp³-hybridized carbons (Fsp3) is 0.250. The molecule has 4 amide bonds. The van der Waals surface area contributed by atoms with Crippen molar-refractivity contribution in [3.8, 4) is 6.07 Å². The number of aryl methyl sites for hydroxylation is 2. The summed E-state index contributed by atoms with van der Waals surface area (Å²) < 4.78 is 1.56. The third-order valence-corrected chi connectivity index (χ3v) is 2.68. The molecule has 0 atom stereocenters. The molecule has 0 saturated carbocycles. The molecule has 1 aromatic rings. The van der Waals surface area contributed by atoms with Gasteiger partial charge in [-0.3, -0.25) is 24.9 Å². The first-order valence-electron chi connectivity index (χ1n) is 5.80. The van der Waals surface area contributed by atoms with Crippen LogP contribution in [-0.2, 0) is 16.1 Å². The zero-order valence-electron chi connectivity index (χ0n) is 10.6. The maximum absolute atomic E-state index is 11.6. The van der Waals surface area contributed by atoms with Crippen molar-refractivity contribution in [2.75, 3.05) is 0 Å². The zero-order valence-corrected chi connectivity index (χ0v) is 10.6. The molecular formula is C12H11N5O3. The van der Waals surface area contributed by atoms with E-state index in [0.717, 1.165) is 0 Å². The Morgan fingerprint density at radius 3 is 2.60 bits per heavy atom. The first-order valence-corrected chi connectivity index (χ1v) is 5.80. The second-order valence-corrected chi connectivity index (χ2v) is 4.14. The molecule has 0 aromatic carbocycles. The fourth-order valence-electron chi connectivity index (χ4n) is 1.72. The summed E-state index contributed by atoms with van der Waals surface area (Å²) in [6, 6.07) is 1.17. The highest BCUT2D eigenvalue weighted by Crippen LogP contribution is 2.13. The Morgan fingerprint density at radius 1 is 1.35 bits per heavy atom. The maximum atomic E-state index is 11.6. The third-order valence-electron chi connectivity index (χ3n) is 2.68. The number of nitrogens with one attached hydrogen (secondary N) is 2. The van der Waals surface area contributed by atoms with E-state index in [1.165, 1.54) is 6.08 Å². The summed E-state index contributed by atoms with van der Waals surface area (Å²) in [5.74, 6) is -1.49. The summed E-state index contributed by atoms with van der Waals surface area (Å²) in [4.78, 5) is 34.1. The molecule has 1 fully saturated rings. The molecule has 0 spiro atoms. The average Bonchev–Trinajstić information content (AvgIpc) is 2.72. The summed E-state index contributed by atoms with van der Waals surface area (Å²) in [7, 11) is 0. The van der Waals surface area contributed by atoms with Crippen LogP contribution in [0.4, 0.5) is 4.79 Å². The van der Waals surface area contributed by atoms with Crippen molar-refractivity contribution in [3.63, 3.8) is 0 Å². The minimum absolute atomic E-state index is 0.160. The Hall–Kier alpha value is -2.95. The van der Waals surface area contributed by atoms with E-state index in [1.54, 1.807) is 17.8 Å². The first kappa shape index (κ1) is 13.5. The quantitative estimate of drug-likeness (QED) is 0.587. The van der Waals surface area contributed by atoms with E-state index in [0.29, 0.717) is 24.2 Å². The minimum Gasteiger partial charge on any atom is -0.273 e. The van der Waals surface area contributed by atoms with E-state index in [1.807, 2.05) is 16.7 Å². The van der Waals surface area contributed by atoms with E-state index in [-0.39, 0.29) is 5.57 Å². The molecule has 0 bridgehead atoms. The molecule has 1 aliphatic heterocycles. The third kappa shape index (κ3) is 2.72. The van der Waals surface area contributed by atoms with Crippen molar-refractivity contribution in [2.24, 2.45) is 0 Å². The Kier molecular flexibility index (Phi) is 3.61. The lowest BCUT2D eigenvalue weighted by Crippen LogP contribution is -2.51. The molecule has 1 aliphatic rings. The highest BCUT2D eigenvalue weighted by molar-refractivity contribution is 6.31. The van der Waals surface area contributed by atoms with Gasteiger partial charge in [0.1, 0.15) is 5.57 Å². The van der Waals surface area contributed by atoms with Gasteiger partial charge in [0.25, 0.3) is 11.8 Å². The highest BCUT2D eigenvalue weighted by atomic mass is 16.2.